The van der Waals surface area contributed by atoms with Gasteiger partial charge in [0.15, 0.2) is 5.96 Å². The van der Waals surface area contributed by atoms with Crippen LogP contribution in [0, 0.1) is 6.92 Å². The average molecular weight is 406 g/mol. The number of aryl methyl sites for hydroxylation is 1. The van der Waals surface area contributed by atoms with E-state index >= 15 is 0 Å². The molecule has 0 saturated heterocycles. The molecule has 3 rings (SSSR count). The minimum Gasteiger partial charge on any atom is -0.462 e. The fraction of sp³-hybridized carbons (Fsp3) is 0.261. The van der Waals surface area contributed by atoms with Crippen molar-refractivity contribution in [3.8, 4) is 11.5 Å². The van der Waals surface area contributed by atoms with E-state index in [0.717, 1.165) is 16.8 Å². The lowest BCUT2D eigenvalue weighted by atomic mass is 10.1. The van der Waals surface area contributed by atoms with E-state index in [1.54, 1.807) is 32.4 Å². The van der Waals surface area contributed by atoms with Gasteiger partial charge in [0.1, 0.15) is 6.26 Å². The quantitative estimate of drug-likeness (QED) is 0.353. The molecule has 1 aromatic heterocycles. The van der Waals surface area contributed by atoms with Crippen molar-refractivity contribution in [3.63, 3.8) is 0 Å². The van der Waals surface area contributed by atoms with Crippen molar-refractivity contribution in [1.82, 2.24) is 15.6 Å². The number of nitrogens with one attached hydrogen (secondary N) is 2. The van der Waals surface area contributed by atoms with Crippen LogP contribution in [0.3, 0.4) is 0 Å². The van der Waals surface area contributed by atoms with Gasteiger partial charge in [-0.05, 0) is 43.7 Å². The van der Waals surface area contributed by atoms with Crippen molar-refractivity contribution in [2.45, 2.75) is 26.9 Å². The normalized spacial score (nSPS) is 11.2. The van der Waals surface area contributed by atoms with E-state index in [1.807, 2.05) is 43.3 Å². The molecule has 0 aliphatic rings. The molecule has 7 nitrogen and oxygen atoms in total. The van der Waals surface area contributed by atoms with Crippen LogP contribution >= 0.6 is 0 Å². The maximum absolute atomic E-state index is 11.7. The third-order valence-corrected chi connectivity index (χ3v) is 4.44. The maximum atomic E-state index is 11.7. The summed E-state index contributed by atoms with van der Waals surface area (Å²) in [5.74, 6) is 0.924. The van der Waals surface area contributed by atoms with Gasteiger partial charge in [-0.1, -0.05) is 29.8 Å². The molecule has 2 N–H and O–H groups in total. The van der Waals surface area contributed by atoms with Crippen LogP contribution in [0.1, 0.15) is 34.1 Å². The smallest absolute Gasteiger partial charge is 0.338 e. The van der Waals surface area contributed by atoms with Crippen LogP contribution in [0.15, 0.2) is 64.2 Å². The lowest BCUT2D eigenvalue weighted by Crippen LogP contribution is -2.36. The second kappa shape index (κ2) is 10.2. The number of aromatic nitrogens is 1. The van der Waals surface area contributed by atoms with E-state index in [0.29, 0.717) is 37.1 Å². The van der Waals surface area contributed by atoms with Crippen LogP contribution in [0.2, 0.25) is 0 Å². The average Bonchev–Trinajstić information content (AvgIpc) is 3.24. The molecule has 7 heteroatoms. The second-order valence-electron chi connectivity index (χ2n) is 6.71. The largest absolute Gasteiger partial charge is 0.462 e. The van der Waals surface area contributed by atoms with Crippen molar-refractivity contribution in [3.05, 3.63) is 77.2 Å². The molecule has 2 aromatic carbocycles. The second-order valence-corrected chi connectivity index (χ2v) is 6.71. The summed E-state index contributed by atoms with van der Waals surface area (Å²) in [4.78, 5) is 20.5. The maximum Gasteiger partial charge on any atom is 0.338 e. The molecule has 156 valence electrons. The Morgan fingerprint density at radius 1 is 1.07 bits per heavy atom. The highest BCUT2D eigenvalue weighted by Crippen LogP contribution is 2.19. The molecule has 0 amide bonds. The number of guanidine groups is 1. The van der Waals surface area contributed by atoms with Crippen LogP contribution in [-0.4, -0.2) is 30.6 Å². The Balaban J connectivity index is 1.50. The highest BCUT2D eigenvalue weighted by atomic mass is 16.5. The van der Waals surface area contributed by atoms with Crippen LogP contribution in [0.25, 0.3) is 11.5 Å². The van der Waals surface area contributed by atoms with Gasteiger partial charge in [-0.15, -0.1) is 0 Å². The molecule has 0 aliphatic heterocycles. The molecule has 1 heterocycles. The Hall–Kier alpha value is -3.61. The molecule has 0 atom stereocenters. The molecule has 0 bridgehead atoms. The van der Waals surface area contributed by atoms with Crippen molar-refractivity contribution in [2.24, 2.45) is 4.99 Å². The van der Waals surface area contributed by atoms with E-state index in [9.17, 15) is 4.79 Å². The minimum absolute atomic E-state index is 0.313. The number of rotatable bonds is 7. The number of benzene rings is 2. The molecular weight excluding hydrogens is 380 g/mol. The van der Waals surface area contributed by atoms with E-state index < -0.39 is 0 Å². The van der Waals surface area contributed by atoms with E-state index in [1.165, 1.54) is 5.56 Å². The Morgan fingerprint density at radius 2 is 1.77 bits per heavy atom. The predicted molar refractivity (Wildman–Crippen MR) is 116 cm³/mol. The number of aliphatic imine (C=N–C) groups is 1. The van der Waals surface area contributed by atoms with E-state index in [2.05, 4.69) is 20.6 Å². The molecule has 0 fully saturated rings. The topological polar surface area (TPSA) is 88.8 Å². The number of ether oxygens (including phenoxy) is 1. The van der Waals surface area contributed by atoms with Gasteiger partial charge in [0.25, 0.3) is 0 Å². The van der Waals surface area contributed by atoms with Crippen molar-refractivity contribution >= 4 is 11.9 Å². The Morgan fingerprint density at radius 3 is 2.43 bits per heavy atom. The lowest BCUT2D eigenvalue weighted by Gasteiger charge is -2.11. The monoisotopic (exact) mass is 406 g/mol. The molecule has 0 spiro atoms. The van der Waals surface area contributed by atoms with Gasteiger partial charge in [-0.3, -0.25) is 4.99 Å². The first-order valence-electron chi connectivity index (χ1n) is 9.81. The van der Waals surface area contributed by atoms with Gasteiger partial charge in [0, 0.05) is 19.2 Å². The predicted octanol–water partition coefficient (Wildman–Crippen LogP) is 3.69. The molecule has 0 aliphatic carbocycles. The molecule has 0 unspecified atom stereocenters. The third-order valence-electron chi connectivity index (χ3n) is 4.44. The number of hydrogen-bond donors (Lipinski definition) is 2. The summed E-state index contributed by atoms with van der Waals surface area (Å²) in [6, 6.07) is 15.3. The summed E-state index contributed by atoms with van der Waals surface area (Å²) in [5.41, 5.74) is 4.48. The van der Waals surface area contributed by atoms with Gasteiger partial charge in [0.2, 0.25) is 5.89 Å². The first kappa shape index (κ1) is 21.1. The summed E-state index contributed by atoms with van der Waals surface area (Å²) < 4.78 is 10.6. The minimum atomic E-state index is -0.313. The highest BCUT2D eigenvalue weighted by molar-refractivity contribution is 5.89. The van der Waals surface area contributed by atoms with Crippen molar-refractivity contribution < 1.29 is 13.9 Å². The summed E-state index contributed by atoms with van der Waals surface area (Å²) >= 11 is 0. The van der Waals surface area contributed by atoms with Gasteiger partial charge >= 0.3 is 5.97 Å². The number of esters is 1. The van der Waals surface area contributed by atoms with Crippen molar-refractivity contribution in [2.75, 3.05) is 13.7 Å². The first-order chi connectivity index (χ1) is 14.6. The summed E-state index contributed by atoms with van der Waals surface area (Å²) in [6.45, 7) is 5.24. The number of carbonyl (C=O) groups excluding carboxylic acids is 1. The summed E-state index contributed by atoms with van der Waals surface area (Å²) in [5, 5.41) is 6.46. The number of nitrogens with zero attached hydrogens (tertiary/aromatic N) is 2. The van der Waals surface area contributed by atoms with E-state index in [4.69, 9.17) is 9.15 Å². The van der Waals surface area contributed by atoms with Gasteiger partial charge < -0.3 is 19.8 Å². The molecule has 0 saturated carbocycles. The zero-order valence-electron chi connectivity index (χ0n) is 17.4. The zero-order chi connectivity index (χ0) is 21.3. The molecular formula is C23H26N4O3. The standard InChI is InChI=1S/C23H26N4O3/c1-4-29-22(28)19-11-7-17(8-12-19)13-25-23(24-3)26-14-20-15-30-21(27-20)18-9-5-16(2)6-10-18/h5-12,15H,4,13-14H2,1-3H3,(H2,24,25,26). The first-order valence-corrected chi connectivity index (χ1v) is 9.81. The number of hydrogen-bond acceptors (Lipinski definition) is 5. The highest BCUT2D eigenvalue weighted by Gasteiger charge is 2.08. The van der Waals surface area contributed by atoms with Gasteiger partial charge in [-0.2, -0.15) is 0 Å². The van der Waals surface area contributed by atoms with Crippen LogP contribution in [0.5, 0.6) is 0 Å². The number of carbonyl (C=O) groups is 1. The fourth-order valence-corrected chi connectivity index (χ4v) is 2.77. The van der Waals surface area contributed by atoms with Gasteiger partial charge in [0.05, 0.1) is 24.4 Å². The van der Waals surface area contributed by atoms with E-state index in [-0.39, 0.29) is 5.97 Å². The molecule has 0 radical (unpaired) electrons. The Labute approximate surface area is 176 Å². The fourth-order valence-electron chi connectivity index (χ4n) is 2.77. The van der Waals surface area contributed by atoms with Crippen LogP contribution in [0.4, 0.5) is 0 Å². The molecule has 3 aromatic rings. The molecule has 30 heavy (non-hydrogen) atoms. The third kappa shape index (κ3) is 5.70. The zero-order valence-corrected chi connectivity index (χ0v) is 17.4. The van der Waals surface area contributed by atoms with Crippen LogP contribution < -0.4 is 10.6 Å². The lowest BCUT2D eigenvalue weighted by molar-refractivity contribution is 0.0526. The number of oxazole rings is 1. The Bertz CT molecular complexity index is 992. The summed E-state index contributed by atoms with van der Waals surface area (Å²) in [6.07, 6.45) is 1.64. The van der Waals surface area contributed by atoms with Crippen molar-refractivity contribution in [1.29, 1.82) is 0 Å². The van der Waals surface area contributed by atoms with Gasteiger partial charge in [-0.25, -0.2) is 9.78 Å². The summed E-state index contributed by atoms with van der Waals surface area (Å²) in [7, 11) is 1.71. The SMILES string of the molecule is CCOC(=O)c1ccc(CNC(=NC)NCc2coc(-c3ccc(C)cc3)n2)cc1. The van der Waals surface area contributed by atoms with Crippen LogP contribution in [-0.2, 0) is 17.8 Å². The Kier molecular flexibility index (Phi) is 7.21.